The van der Waals surface area contributed by atoms with E-state index >= 15 is 0 Å². The van der Waals surface area contributed by atoms with Crippen molar-refractivity contribution in [3.63, 3.8) is 0 Å². The third-order valence-corrected chi connectivity index (χ3v) is 9.23. The number of phenolic OH excluding ortho intramolecular Hbond substituents is 2. The first-order chi connectivity index (χ1) is 23.9. The molecule has 12 heteroatoms. The zero-order chi connectivity index (χ0) is 38.2. The average molecular weight is 701 g/mol. The summed E-state index contributed by atoms with van der Waals surface area (Å²) in [6, 6.07) is 5.47. The van der Waals surface area contributed by atoms with Gasteiger partial charge in [0, 0.05) is 17.7 Å². The zero-order valence-electron chi connectivity index (χ0n) is 30.3. The standard InChI is InChI=1S/C39H40O12/c1-16-12-25(40)14-28(47-10)30(16)37(44)51-35-22(7)20(5)32(21(6)23(35)8)39(46)49-26-13-17(2)31(34(41)24(26)9)38(45)50-27-15-29(48-11)33(36(42)43)19(4)18(27)3/h12-15,40-41H,1-11H3,(H,42,43). The molecule has 0 amide bonds. The molecule has 268 valence electrons. The van der Waals surface area contributed by atoms with Crippen molar-refractivity contribution in [3.05, 3.63) is 96.6 Å². The van der Waals surface area contributed by atoms with Crippen molar-refractivity contribution in [1.29, 1.82) is 0 Å². The van der Waals surface area contributed by atoms with Gasteiger partial charge >= 0.3 is 23.9 Å². The van der Waals surface area contributed by atoms with Crippen molar-refractivity contribution >= 4 is 23.9 Å². The third-order valence-electron chi connectivity index (χ3n) is 9.23. The molecule has 0 fully saturated rings. The van der Waals surface area contributed by atoms with Gasteiger partial charge in [-0.25, -0.2) is 19.2 Å². The lowest BCUT2D eigenvalue weighted by molar-refractivity contribution is 0.0687. The van der Waals surface area contributed by atoms with Crippen molar-refractivity contribution in [3.8, 4) is 40.2 Å². The monoisotopic (exact) mass is 700 g/mol. The number of hydrogen-bond acceptors (Lipinski definition) is 11. The van der Waals surface area contributed by atoms with Gasteiger partial charge in [-0.05, 0) is 119 Å². The van der Waals surface area contributed by atoms with E-state index in [2.05, 4.69) is 0 Å². The lowest BCUT2D eigenvalue weighted by atomic mass is 9.93. The Morgan fingerprint density at radius 2 is 0.922 bits per heavy atom. The topological polar surface area (TPSA) is 175 Å². The van der Waals surface area contributed by atoms with E-state index < -0.39 is 29.6 Å². The molecule has 4 aromatic carbocycles. The number of methoxy groups -OCH3 is 2. The summed E-state index contributed by atoms with van der Waals surface area (Å²) in [6.07, 6.45) is 0. The highest BCUT2D eigenvalue weighted by Gasteiger charge is 2.29. The fourth-order valence-electron chi connectivity index (χ4n) is 5.96. The van der Waals surface area contributed by atoms with Crippen molar-refractivity contribution in [2.75, 3.05) is 14.2 Å². The van der Waals surface area contributed by atoms with Gasteiger partial charge in [0.1, 0.15) is 56.9 Å². The van der Waals surface area contributed by atoms with Crippen molar-refractivity contribution in [1.82, 2.24) is 0 Å². The first kappa shape index (κ1) is 37.8. The molecule has 4 aromatic rings. The summed E-state index contributed by atoms with van der Waals surface area (Å²) < 4.78 is 27.8. The van der Waals surface area contributed by atoms with Crippen LogP contribution in [0.3, 0.4) is 0 Å². The van der Waals surface area contributed by atoms with Crippen LogP contribution in [0.5, 0.6) is 40.2 Å². The van der Waals surface area contributed by atoms with Crippen LogP contribution in [-0.2, 0) is 0 Å². The number of aromatic hydroxyl groups is 2. The van der Waals surface area contributed by atoms with Crippen LogP contribution in [0.1, 0.15) is 91.5 Å². The average Bonchev–Trinajstić information content (AvgIpc) is 3.05. The van der Waals surface area contributed by atoms with Gasteiger partial charge in [0.25, 0.3) is 0 Å². The Balaban J connectivity index is 1.65. The smallest absolute Gasteiger partial charge is 0.347 e. The van der Waals surface area contributed by atoms with Crippen LogP contribution in [0.4, 0.5) is 0 Å². The minimum absolute atomic E-state index is 0.00251. The molecule has 0 saturated carbocycles. The number of rotatable bonds is 9. The zero-order valence-corrected chi connectivity index (χ0v) is 30.3. The molecule has 0 aliphatic rings. The fraction of sp³-hybridized carbons (Fsp3) is 0.282. The largest absolute Gasteiger partial charge is 0.508 e. The SMILES string of the molecule is COc1cc(O)cc(C)c1C(=O)Oc1c(C)c(C)c(C(=O)Oc2cc(C)c(C(=O)Oc3cc(OC)c(C(=O)O)c(C)c3C)c(O)c2C)c(C)c1C. The Morgan fingerprint density at radius 3 is 1.45 bits per heavy atom. The first-order valence-corrected chi connectivity index (χ1v) is 15.7. The van der Waals surface area contributed by atoms with Crippen LogP contribution in [0.15, 0.2) is 24.3 Å². The highest BCUT2D eigenvalue weighted by atomic mass is 16.5. The Bertz CT molecular complexity index is 2110. The van der Waals surface area contributed by atoms with E-state index in [4.69, 9.17) is 23.7 Å². The molecule has 4 rings (SSSR count). The van der Waals surface area contributed by atoms with Crippen LogP contribution >= 0.6 is 0 Å². The molecular weight excluding hydrogens is 660 g/mol. The highest BCUT2D eigenvalue weighted by Crippen LogP contribution is 2.39. The minimum Gasteiger partial charge on any atom is -0.508 e. The van der Waals surface area contributed by atoms with E-state index in [-0.39, 0.29) is 67.9 Å². The molecule has 0 saturated heterocycles. The second kappa shape index (κ2) is 14.4. The quantitative estimate of drug-likeness (QED) is 0.118. The predicted molar refractivity (Wildman–Crippen MR) is 187 cm³/mol. The molecule has 0 radical (unpaired) electrons. The number of esters is 3. The van der Waals surface area contributed by atoms with E-state index in [1.807, 2.05) is 0 Å². The number of carbonyl (C=O) groups excluding carboxylic acids is 3. The maximum Gasteiger partial charge on any atom is 0.347 e. The lowest BCUT2D eigenvalue weighted by Crippen LogP contribution is -2.18. The number of phenols is 2. The number of hydrogen-bond donors (Lipinski definition) is 3. The van der Waals surface area contributed by atoms with Crippen LogP contribution in [0, 0.1) is 62.3 Å². The number of aromatic carboxylic acids is 1. The lowest BCUT2D eigenvalue weighted by Gasteiger charge is -2.21. The number of ether oxygens (including phenoxy) is 5. The summed E-state index contributed by atoms with van der Waals surface area (Å²) in [5.41, 5.74) is 3.70. The van der Waals surface area contributed by atoms with Gasteiger partial charge < -0.3 is 39.0 Å². The van der Waals surface area contributed by atoms with Crippen molar-refractivity contribution < 1.29 is 58.2 Å². The Morgan fingerprint density at radius 1 is 0.471 bits per heavy atom. The number of carboxylic acids is 1. The summed E-state index contributed by atoms with van der Waals surface area (Å²) in [7, 11) is 2.68. The van der Waals surface area contributed by atoms with E-state index in [0.717, 1.165) is 0 Å². The van der Waals surface area contributed by atoms with Gasteiger partial charge in [-0.15, -0.1) is 0 Å². The number of aryl methyl sites for hydroxylation is 2. The molecule has 0 atom stereocenters. The Labute approximate surface area is 295 Å². The number of benzene rings is 4. The number of carbonyl (C=O) groups is 4. The molecule has 0 aliphatic heterocycles. The summed E-state index contributed by atoms with van der Waals surface area (Å²) in [6.45, 7) is 14.6. The van der Waals surface area contributed by atoms with Crippen molar-refractivity contribution in [2.45, 2.75) is 62.3 Å². The van der Waals surface area contributed by atoms with Crippen LogP contribution in [0.2, 0.25) is 0 Å². The molecule has 0 aromatic heterocycles. The van der Waals surface area contributed by atoms with E-state index in [9.17, 15) is 34.5 Å². The van der Waals surface area contributed by atoms with Gasteiger partial charge in [0.2, 0.25) is 0 Å². The molecular formula is C39H40O12. The molecule has 0 aliphatic carbocycles. The van der Waals surface area contributed by atoms with E-state index in [0.29, 0.717) is 38.9 Å². The molecule has 0 heterocycles. The molecule has 51 heavy (non-hydrogen) atoms. The second-order valence-corrected chi connectivity index (χ2v) is 12.3. The molecule has 0 bridgehead atoms. The van der Waals surface area contributed by atoms with Gasteiger partial charge in [-0.2, -0.15) is 0 Å². The van der Waals surface area contributed by atoms with Gasteiger partial charge in [-0.1, -0.05) is 0 Å². The van der Waals surface area contributed by atoms with Gasteiger partial charge in [0.05, 0.1) is 19.8 Å². The summed E-state index contributed by atoms with van der Waals surface area (Å²) in [4.78, 5) is 52.2. The molecule has 3 N–H and O–H groups in total. The van der Waals surface area contributed by atoms with Crippen molar-refractivity contribution in [2.24, 2.45) is 0 Å². The van der Waals surface area contributed by atoms with Crippen LogP contribution < -0.4 is 23.7 Å². The third kappa shape index (κ3) is 6.89. The summed E-state index contributed by atoms with van der Waals surface area (Å²) in [5, 5.41) is 30.7. The number of carboxylic acid groups (broad SMARTS) is 1. The van der Waals surface area contributed by atoms with Crippen LogP contribution in [0.25, 0.3) is 0 Å². The van der Waals surface area contributed by atoms with Gasteiger partial charge in [0.15, 0.2) is 0 Å². The maximum atomic E-state index is 13.7. The minimum atomic E-state index is -1.20. The second-order valence-electron chi connectivity index (χ2n) is 12.3. The van der Waals surface area contributed by atoms with Crippen LogP contribution in [-0.4, -0.2) is 53.4 Å². The first-order valence-electron chi connectivity index (χ1n) is 15.7. The Hall–Kier alpha value is -6.04. The Kier molecular flexibility index (Phi) is 10.7. The van der Waals surface area contributed by atoms with E-state index in [1.165, 1.54) is 52.3 Å². The summed E-state index contributed by atoms with van der Waals surface area (Å²) >= 11 is 0. The van der Waals surface area contributed by atoms with Gasteiger partial charge in [-0.3, -0.25) is 0 Å². The molecule has 0 spiro atoms. The molecule has 12 nitrogen and oxygen atoms in total. The highest BCUT2D eigenvalue weighted by molar-refractivity contribution is 6.00. The normalized spacial score (nSPS) is 10.8. The fourth-order valence-corrected chi connectivity index (χ4v) is 5.96. The predicted octanol–water partition coefficient (Wildman–Crippen LogP) is 7.25. The maximum absolute atomic E-state index is 13.7. The van der Waals surface area contributed by atoms with E-state index in [1.54, 1.807) is 48.5 Å². The molecule has 0 unspecified atom stereocenters. The summed E-state index contributed by atoms with van der Waals surface area (Å²) in [5.74, 6) is -3.61.